The van der Waals surface area contributed by atoms with Crippen LogP contribution in [0.15, 0.2) is 51.8 Å². The second-order valence-corrected chi connectivity index (χ2v) is 8.84. The Kier molecular flexibility index (Phi) is 5.98. The van der Waals surface area contributed by atoms with Crippen LogP contribution >= 0.6 is 22.6 Å². The van der Waals surface area contributed by atoms with Gasteiger partial charge in [-0.05, 0) is 65.1 Å². The maximum Gasteiger partial charge on any atom is 0.246 e. The fourth-order valence-corrected chi connectivity index (χ4v) is 4.53. The van der Waals surface area contributed by atoms with Crippen molar-refractivity contribution in [2.24, 2.45) is 0 Å². The number of sulfonamides is 1. The highest BCUT2D eigenvalue weighted by atomic mass is 127. The molecule has 140 valence electrons. The van der Waals surface area contributed by atoms with Crippen LogP contribution in [0.3, 0.4) is 0 Å². The number of nitrogens with zero attached hydrogens (tertiary/aromatic N) is 3. The Balaban J connectivity index is 1.61. The minimum atomic E-state index is -3.64. The molecule has 1 aliphatic heterocycles. The molecule has 1 aromatic carbocycles. The third-order valence-electron chi connectivity index (χ3n) is 4.16. The number of carbonyl (C=O) groups is 1. The second-order valence-electron chi connectivity index (χ2n) is 5.84. The summed E-state index contributed by atoms with van der Waals surface area (Å²) in [5, 5.41) is 8.82. The number of halogens is 1. The molecular weight excluding hydrogens is 481 g/mol. The van der Waals surface area contributed by atoms with Crippen LogP contribution in [0.4, 0.5) is 0 Å². The van der Waals surface area contributed by atoms with E-state index in [1.54, 1.807) is 23.1 Å². The highest BCUT2D eigenvalue weighted by molar-refractivity contribution is 14.1. The normalized spacial score (nSPS) is 15.8. The molecule has 0 bridgehead atoms. The van der Waals surface area contributed by atoms with Gasteiger partial charge in [0, 0.05) is 32.3 Å². The van der Waals surface area contributed by atoms with Crippen LogP contribution in [-0.4, -0.2) is 49.7 Å². The lowest BCUT2D eigenvalue weighted by Crippen LogP contribution is -2.50. The Morgan fingerprint density at radius 1 is 1.11 bits per heavy atom. The summed E-state index contributed by atoms with van der Waals surface area (Å²) in [5.41, 5.74) is 0.405. The summed E-state index contributed by atoms with van der Waals surface area (Å²) < 4.78 is 32.8. The van der Waals surface area contributed by atoms with E-state index in [2.05, 4.69) is 0 Å². The van der Waals surface area contributed by atoms with Gasteiger partial charge in [-0.2, -0.15) is 9.57 Å². The van der Waals surface area contributed by atoms with Gasteiger partial charge in [0.25, 0.3) is 0 Å². The van der Waals surface area contributed by atoms with Gasteiger partial charge in [0.2, 0.25) is 15.9 Å². The summed E-state index contributed by atoms with van der Waals surface area (Å²) in [5.74, 6) is 0.409. The van der Waals surface area contributed by atoms with E-state index in [1.807, 2.05) is 28.7 Å². The van der Waals surface area contributed by atoms with E-state index in [4.69, 9.17) is 9.68 Å². The van der Waals surface area contributed by atoms with Crippen molar-refractivity contribution in [2.75, 3.05) is 26.2 Å². The van der Waals surface area contributed by atoms with E-state index >= 15 is 0 Å². The van der Waals surface area contributed by atoms with Crippen molar-refractivity contribution in [3.05, 3.63) is 57.6 Å². The third-order valence-corrected chi connectivity index (χ3v) is 6.65. The summed E-state index contributed by atoms with van der Waals surface area (Å²) in [6, 6.07) is 11.4. The van der Waals surface area contributed by atoms with Crippen LogP contribution in [-0.2, 0) is 14.8 Å². The summed E-state index contributed by atoms with van der Waals surface area (Å²) >= 11 is 2.04. The zero-order chi connectivity index (χ0) is 19.4. The number of nitriles is 1. The Morgan fingerprint density at radius 3 is 2.33 bits per heavy atom. The van der Waals surface area contributed by atoms with Crippen LogP contribution < -0.4 is 0 Å². The molecule has 2 aromatic rings. The molecule has 2 heterocycles. The third kappa shape index (κ3) is 4.58. The first-order valence-electron chi connectivity index (χ1n) is 8.13. The molecule has 7 nitrogen and oxygen atoms in total. The number of carbonyl (C=O) groups excluding carboxylic acids is 1. The number of benzene rings is 1. The van der Waals surface area contributed by atoms with E-state index in [0.717, 1.165) is 3.77 Å². The molecule has 0 aliphatic carbocycles. The molecule has 0 spiro atoms. The number of hydrogen-bond donors (Lipinski definition) is 0. The monoisotopic (exact) mass is 497 g/mol. The summed E-state index contributed by atoms with van der Waals surface area (Å²) in [6.07, 6.45) is 3.03. The Bertz CT molecular complexity index is 998. The smallest absolute Gasteiger partial charge is 0.246 e. The molecule has 3 rings (SSSR count). The summed E-state index contributed by atoms with van der Waals surface area (Å²) in [6.45, 7) is 1.07. The van der Waals surface area contributed by atoms with Crippen molar-refractivity contribution in [3.63, 3.8) is 0 Å². The van der Waals surface area contributed by atoms with Crippen molar-refractivity contribution >= 4 is 44.6 Å². The van der Waals surface area contributed by atoms with Gasteiger partial charge in [0.05, 0.1) is 16.5 Å². The second kappa shape index (κ2) is 8.24. The average molecular weight is 497 g/mol. The standard InChI is InChI=1S/C18H16IN3O4S/c19-17-7-3-15(26-17)4-8-18(23)21-9-11-22(12-10-21)27(24,25)16-5-1-14(13-20)2-6-16/h1-8H,9-12H2/b8-4+. The Hall–Kier alpha value is -2.16. The first-order chi connectivity index (χ1) is 12.9. The largest absolute Gasteiger partial charge is 0.451 e. The van der Waals surface area contributed by atoms with Crippen LogP contribution in [0.1, 0.15) is 11.3 Å². The van der Waals surface area contributed by atoms with Crippen LogP contribution in [0, 0.1) is 15.1 Å². The maximum atomic E-state index is 12.7. The minimum absolute atomic E-state index is 0.147. The van der Waals surface area contributed by atoms with Crippen molar-refractivity contribution in [1.82, 2.24) is 9.21 Å². The SMILES string of the molecule is N#Cc1ccc(S(=O)(=O)N2CCN(C(=O)/C=C/c3ccc(I)o3)CC2)cc1. The van der Waals surface area contributed by atoms with E-state index in [-0.39, 0.29) is 23.9 Å². The molecule has 0 unspecified atom stereocenters. The molecule has 1 aliphatic rings. The summed E-state index contributed by atoms with van der Waals surface area (Å²) in [4.78, 5) is 14.0. The lowest BCUT2D eigenvalue weighted by Gasteiger charge is -2.33. The molecule has 0 atom stereocenters. The molecule has 1 fully saturated rings. The first kappa shape index (κ1) is 19.6. The van der Waals surface area contributed by atoms with Gasteiger partial charge in [0.1, 0.15) is 5.76 Å². The van der Waals surface area contributed by atoms with Crippen molar-refractivity contribution in [3.8, 4) is 6.07 Å². The highest BCUT2D eigenvalue weighted by Crippen LogP contribution is 2.18. The van der Waals surface area contributed by atoms with Gasteiger partial charge in [-0.3, -0.25) is 4.79 Å². The van der Waals surface area contributed by atoms with Gasteiger partial charge >= 0.3 is 0 Å². The number of rotatable bonds is 4. The van der Waals surface area contributed by atoms with Crippen molar-refractivity contribution < 1.29 is 17.6 Å². The average Bonchev–Trinajstić information content (AvgIpc) is 3.11. The zero-order valence-electron chi connectivity index (χ0n) is 14.2. The lowest BCUT2D eigenvalue weighted by molar-refractivity contribution is -0.127. The molecule has 9 heteroatoms. The Morgan fingerprint density at radius 2 is 1.78 bits per heavy atom. The van der Waals surface area contributed by atoms with Crippen LogP contribution in [0.5, 0.6) is 0 Å². The minimum Gasteiger partial charge on any atom is -0.451 e. The number of piperazine rings is 1. The quantitative estimate of drug-likeness (QED) is 0.478. The number of hydrogen-bond acceptors (Lipinski definition) is 5. The zero-order valence-corrected chi connectivity index (χ0v) is 17.2. The van der Waals surface area contributed by atoms with Gasteiger partial charge in [-0.1, -0.05) is 0 Å². The van der Waals surface area contributed by atoms with Gasteiger partial charge < -0.3 is 9.32 Å². The van der Waals surface area contributed by atoms with E-state index < -0.39 is 10.0 Å². The maximum absolute atomic E-state index is 12.7. The number of furan rings is 1. The van der Waals surface area contributed by atoms with Gasteiger partial charge in [0.15, 0.2) is 3.77 Å². The van der Waals surface area contributed by atoms with E-state index in [9.17, 15) is 13.2 Å². The van der Waals surface area contributed by atoms with Crippen molar-refractivity contribution in [2.45, 2.75) is 4.90 Å². The molecule has 0 saturated carbocycles. The summed E-state index contributed by atoms with van der Waals surface area (Å²) in [7, 11) is -3.64. The number of amides is 1. The molecule has 1 amide bonds. The molecule has 1 aromatic heterocycles. The van der Waals surface area contributed by atoms with E-state index in [1.165, 1.54) is 34.6 Å². The predicted molar refractivity (Wildman–Crippen MR) is 107 cm³/mol. The Labute approximate surface area is 171 Å². The van der Waals surface area contributed by atoms with E-state index in [0.29, 0.717) is 24.4 Å². The first-order valence-corrected chi connectivity index (χ1v) is 10.6. The highest BCUT2D eigenvalue weighted by Gasteiger charge is 2.29. The topological polar surface area (TPSA) is 94.6 Å². The molecular formula is C18H16IN3O4S. The van der Waals surface area contributed by atoms with Gasteiger partial charge in [-0.15, -0.1) is 0 Å². The van der Waals surface area contributed by atoms with Gasteiger partial charge in [-0.25, -0.2) is 8.42 Å². The molecule has 27 heavy (non-hydrogen) atoms. The molecule has 0 radical (unpaired) electrons. The molecule has 0 N–H and O–H groups in total. The lowest BCUT2D eigenvalue weighted by atomic mass is 10.2. The van der Waals surface area contributed by atoms with Crippen LogP contribution in [0.25, 0.3) is 6.08 Å². The fourth-order valence-electron chi connectivity index (χ4n) is 2.68. The fraction of sp³-hybridized carbons (Fsp3) is 0.222. The van der Waals surface area contributed by atoms with Crippen molar-refractivity contribution in [1.29, 1.82) is 5.26 Å². The van der Waals surface area contributed by atoms with Crippen LogP contribution in [0.2, 0.25) is 0 Å². The predicted octanol–water partition coefficient (Wildman–Crippen LogP) is 2.30. The molecule has 1 saturated heterocycles.